The van der Waals surface area contributed by atoms with Gasteiger partial charge in [-0.05, 0) is 18.1 Å². The van der Waals surface area contributed by atoms with Crippen LogP contribution in [-0.4, -0.2) is 25.4 Å². The van der Waals surface area contributed by atoms with Crippen LogP contribution < -0.4 is 5.46 Å². The molecule has 0 aromatic heterocycles. The van der Waals surface area contributed by atoms with E-state index < -0.39 is 5.60 Å². The van der Waals surface area contributed by atoms with E-state index in [1.165, 1.54) is 5.46 Å². The van der Waals surface area contributed by atoms with E-state index in [0.717, 1.165) is 17.5 Å². The normalized spacial score (nSPS) is 21.5. The second-order valence-electron chi connectivity index (χ2n) is 6.75. The van der Waals surface area contributed by atoms with Crippen molar-refractivity contribution >= 4 is 19.4 Å². The summed E-state index contributed by atoms with van der Waals surface area (Å²) in [6.07, 6.45) is 2.95. The van der Waals surface area contributed by atoms with E-state index in [1.807, 2.05) is 41.3 Å². The van der Waals surface area contributed by atoms with Gasteiger partial charge in [-0.1, -0.05) is 66.1 Å². The monoisotopic (exact) mass is 333 g/mol. The smallest absolute Gasteiger partial charge is 0.411 e. The second kappa shape index (κ2) is 7.18. The minimum Gasteiger partial charge on any atom is -0.437 e. The predicted molar refractivity (Wildman–Crippen MR) is 104 cm³/mol. The van der Waals surface area contributed by atoms with E-state index in [-0.39, 0.29) is 12.1 Å². The summed E-state index contributed by atoms with van der Waals surface area (Å²) in [5.74, 6) is 0. The van der Waals surface area contributed by atoms with Crippen LogP contribution in [0.4, 0.5) is 4.79 Å². The number of cyclic esters (lactones) is 1. The minimum absolute atomic E-state index is 0.00870. The van der Waals surface area contributed by atoms with E-state index in [9.17, 15) is 4.79 Å². The van der Waals surface area contributed by atoms with Crippen molar-refractivity contribution < 1.29 is 9.53 Å². The molecule has 0 unspecified atom stereocenters. The van der Waals surface area contributed by atoms with Crippen LogP contribution in [0, 0.1) is 0 Å². The number of amides is 1. The average molecular weight is 333 g/mol. The van der Waals surface area contributed by atoms with E-state index in [4.69, 9.17) is 4.74 Å². The number of carbonyl (C=O) groups is 1. The molecule has 2 atom stereocenters. The van der Waals surface area contributed by atoms with E-state index in [2.05, 4.69) is 45.6 Å². The van der Waals surface area contributed by atoms with Crippen LogP contribution in [0.5, 0.6) is 0 Å². The largest absolute Gasteiger partial charge is 0.437 e. The summed E-state index contributed by atoms with van der Waals surface area (Å²) in [5, 5.41) is 0. The molecule has 1 heterocycles. The molecule has 1 aliphatic heterocycles. The third-order valence-corrected chi connectivity index (χ3v) is 5.07. The fourth-order valence-corrected chi connectivity index (χ4v) is 3.49. The first kappa shape index (κ1) is 17.3. The van der Waals surface area contributed by atoms with E-state index in [1.54, 1.807) is 0 Å². The lowest BCUT2D eigenvalue weighted by Gasteiger charge is -2.43. The van der Waals surface area contributed by atoms with Gasteiger partial charge in [-0.25, -0.2) is 4.79 Å². The molecule has 0 spiro atoms. The van der Waals surface area contributed by atoms with Crippen LogP contribution in [-0.2, 0) is 10.3 Å². The first-order valence-corrected chi connectivity index (χ1v) is 8.78. The van der Waals surface area contributed by atoms with Crippen LogP contribution in [0.1, 0.15) is 36.9 Å². The van der Waals surface area contributed by atoms with E-state index in [0.29, 0.717) is 13.0 Å². The molecule has 2 aromatic rings. The van der Waals surface area contributed by atoms with Crippen LogP contribution >= 0.6 is 0 Å². The van der Waals surface area contributed by atoms with Crippen LogP contribution in [0.25, 0.3) is 0 Å². The number of ether oxygens (including phenoxy) is 1. The number of hydrogen-bond acceptors (Lipinski definition) is 2. The molecule has 0 radical (unpaired) electrons. The zero-order valence-corrected chi connectivity index (χ0v) is 14.9. The number of benzene rings is 2. The van der Waals surface area contributed by atoms with Gasteiger partial charge in [0.25, 0.3) is 0 Å². The van der Waals surface area contributed by atoms with Crippen molar-refractivity contribution in [3.05, 3.63) is 78.4 Å². The molecule has 0 saturated carbocycles. The van der Waals surface area contributed by atoms with Gasteiger partial charge in [0, 0.05) is 19.4 Å². The quantitative estimate of drug-likeness (QED) is 0.621. The molecular weight excluding hydrogens is 309 g/mol. The van der Waals surface area contributed by atoms with Crippen molar-refractivity contribution in [1.29, 1.82) is 0 Å². The number of carbonyl (C=O) groups excluding carboxylic acids is 1. The van der Waals surface area contributed by atoms with Crippen molar-refractivity contribution in [3.63, 3.8) is 0 Å². The van der Waals surface area contributed by atoms with Gasteiger partial charge in [-0.2, -0.15) is 0 Å². The Balaban J connectivity index is 1.82. The lowest BCUT2D eigenvalue weighted by atomic mass is 9.85. The second-order valence-corrected chi connectivity index (χ2v) is 6.75. The molecule has 1 aliphatic rings. The molecule has 1 fully saturated rings. The predicted octanol–water partition coefficient (Wildman–Crippen LogP) is 3.32. The van der Waals surface area contributed by atoms with Gasteiger partial charge in [-0.3, -0.25) is 0 Å². The Bertz CT molecular complexity index is 744. The lowest BCUT2D eigenvalue weighted by molar-refractivity contribution is -0.0588. The molecule has 25 heavy (non-hydrogen) atoms. The first-order chi connectivity index (χ1) is 12.1. The lowest BCUT2D eigenvalue weighted by Crippen LogP contribution is -2.48. The minimum atomic E-state index is -0.608. The van der Waals surface area contributed by atoms with Gasteiger partial charge in [0.15, 0.2) is 0 Å². The van der Waals surface area contributed by atoms with Gasteiger partial charge in [0.05, 0.1) is 6.04 Å². The maximum absolute atomic E-state index is 12.8. The molecule has 0 N–H and O–H groups in total. The Hall–Kier alpha value is -2.49. The summed E-state index contributed by atoms with van der Waals surface area (Å²) in [7, 11) is 2.06. The fraction of sp³-hybridized carbons (Fsp3) is 0.286. The average Bonchev–Trinajstić information content (AvgIpc) is 2.63. The van der Waals surface area contributed by atoms with Crippen molar-refractivity contribution in [2.75, 3.05) is 6.54 Å². The van der Waals surface area contributed by atoms with Gasteiger partial charge in [0.1, 0.15) is 13.4 Å². The summed E-state index contributed by atoms with van der Waals surface area (Å²) in [6.45, 7) is 6.57. The highest BCUT2D eigenvalue weighted by atomic mass is 16.6. The fourth-order valence-electron chi connectivity index (χ4n) is 3.49. The molecule has 1 amide bonds. The maximum Gasteiger partial charge on any atom is 0.411 e. The molecule has 128 valence electrons. The Morgan fingerprint density at radius 2 is 1.92 bits per heavy atom. The summed E-state index contributed by atoms with van der Waals surface area (Å²) >= 11 is 0. The van der Waals surface area contributed by atoms with Gasteiger partial charge < -0.3 is 9.64 Å². The molecule has 0 aliphatic carbocycles. The highest BCUT2D eigenvalue weighted by Crippen LogP contribution is 2.39. The highest BCUT2D eigenvalue weighted by Gasteiger charge is 2.42. The van der Waals surface area contributed by atoms with Crippen LogP contribution in [0.3, 0.4) is 0 Å². The number of rotatable bonds is 5. The highest BCUT2D eigenvalue weighted by molar-refractivity contribution is 6.32. The number of hydrogen-bond donors (Lipinski definition) is 0. The topological polar surface area (TPSA) is 29.5 Å². The molecule has 3 nitrogen and oxygen atoms in total. The molecule has 0 bridgehead atoms. The van der Waals surface area contributed by atoms with Gasteiger partial charge in [0.2, 0.25) is 0 Å². The third kappa shape index (κ3) is 3.48. The standard InChI is InChI=1S/C21H24BNO2/c1-3-13-21(18-7-5-4-6-8-18)14-15-23(20(24)25-21)16(2)17-9-11-19(22)12-10-17/h3-12,16H,1,13-15,22H2,2H3/t16-,21-/m0/s1. The summed E-state index contributed by atoms with van der Waals surface area (Å²) in [4.78, 5) is 14.6. The Morgan fingerprint density at radius 3 is 2.52 bits per heavy atom. The zero-order chi connectivity index (χ0) is 17.9. The summed E-state index contributed by atoms with van der Waals surface area (Å²) < 4.78 is 6.00. The van der Waals surface area contributed by atoms with Gasteiger partial charge >= 0.3 is 6.09 Å². The van der Waals surface area contributed by atoms with Crippen molar-refractivity contribution in [3.8, 4) is 0 Å². The molecule has 3 rings (SSSR count). The van der Waals surface area contributed by atoms with Crippen molar-refractivity contribution in [2.45, 2.75) is 31.4 Å². The van der Waals surface area contributed by atoms with E-state index >= 15 is 0 Å². The molecule has 4 heteroatoms. The maximum atomic E-state index is 12.8. The third-order valence-electron chi connectivity index (χ3n) is 5.07. The van der Waals surface area contributed by atoms with Crippen LogP contribution in [0.15, 0.2) is 67.3 Å². The number of nitrogens with zero attached hydrogens (tertiary/aromatic N) is 1. The SMILES string of the molecule is Bc1ccc([C@H](C)N2CC[C@@](CC=C)(c3ccccc3)OC2=O)cc1. The molecule has 1 saturated heterocycles. The molecular formula is C21H24BNO2. The molecule has 2 aromatic carbocycles. The Labute approximate surface area is 150 Å². The summed E-state index contributed by atoms with van der Waals surface area (Å²) in [6, 6.07) is 18.3. The van der Waals surface area contributed by atoms with Crippen molar-refractivity contribution in [2.24, 2.45) is 0 Å². The first-order valence-electron chi connectivity index (χ1n) is 8.78. The Kier molecular flexibility index (Phi) is 4.98. The van der Waals surface area contributed by atoms with Gasteiger partial charge in [-0.15, -0.1) is 6.58 Å². The Morgan fingerprint density at radius 1 is 1.24 bits per heavy atom. The zero-order valence-electron chi connectivity index (χ0n) is 14.9. The summed E-state index contributed by atoms with van der Waals surface area (Å²) in [5.41, 5.74) is 2.76. The van der Waals surface area contributed by atoms with Crippen molar-refractivity contribution in [1.82, 2.24) is 4.90 Å². The van der Waals surface area contributed by atoms with Crippen LogP contribution in [0.2, 0.25) is 0 Å².